The number of rotatable bonds is 6. The zero-order valence-electron chi connectivity index (χ0n) is 17.4. The number of hydrogen-bond donors (Lipinski definition) is 1. The molecular formula is C22H20F6N2O3. The lowest BCUT2D eigenvalue weighted by Crippen LogP contribution is -2.31. The highest BCUT2D eigenvalue weighted by molar-refractivity contribution is 5.96. The van der Waals surface area contributed by atoms with Gasteiger partial charge in [0.15, 0.2) is 0 Å². The molecule has 1 saturated heterocycles. The largest absolute Gasteiger partial charge is 0.494 e. The first-order chi connectivity index (χ1) is 15.4. The lowest BCUT2D eigenvalue weighted by molar-refractivity contribution is -0.143. The van der Waals surface area contributed by atoms with E-state index in [1.165, 1.54) is 4.90 Å². The molecule has 2 amide bonds. The first kappa shape index (κ1) is 24.4. The number of amides is 2. The van der Waals surface area contributed by atoms with E-state index >= 15 is 0 Å². The number of carbonyl (C=O) groups is 2. The van der Waals surface area contributed by atoms with Crippen molar-refractivity contribution in [3.05, 3.63) is 59.2 Å². The Balaban J connectivity index is 1.68. The Labute approximate surface area is 185 Å². The van der Waals surface area contributed by atoms with Crippen LogP contribution in [0.4, 0.5) is 32.0 Å². The summed E-state index contributed by atoms with van der Waals surface area (Å²) in [5.41, 5.74) is -3.28. The third-order valence-corrected chi connectivity index (χ3v) is 5.07. The molecule has 11 heteroatoms. The molecule has 5 nitrogen and oxygen atoms in total. The molecule has 1 N–H and O–H groups in total. The molecule has 1 aliphatic rings. The highest BCUT2D eigenvalue weighted by atomic mass is 19.4. The molecule has 0 aromatic heterocycles. The Bertz CT molecular complexity index is 986. The summed E-state index contributed by atoms with van der Waals surface area (Å²) in [6.45, 7) is 2.47. The molecule has 1 atom stereocenters. The summed E-state index contributed by atoms with van der Waals surface area (Å²) in [4.78, 5) is 26.2. The fourth-order valence-electron chi connectivity index (χ4n) is 3.48. The molecule has 0 spiro atoms. The van der Waals surface area contributed by atoms with Gasteiger partial charge in [0.05, 0.1) is 17.7 Å². The van der Waals surface area contributed by atoms with Crippen molar-refractivity contribution in [2.24, 2.45) is 5.92 Å². The summed E-state index contributed by atoms with van der Waals surface area (Å²) in [6.07, 6.45) is -10.0. The molecular weight excluding hydrogens is 454 g/mol. The van der Waals surface area contributed by atoms with Crippen LogP contribution in [-0.4, -0.2) is 31.5 Å². The van der Waals surface area contributed by atoms with Gasteiger partial charge in [-0.3, -0.25) is 9.59 Å². The van der Waals surface area contributed by atoms with Gasteiger partial charge in [-0.15, -0.1) is 0 Å². The monoisotopic (exact) mass is 474 g/mol. The molecule has 1 unspecified atom stereocenters. The van der Waals surface area contributed by atoms with Crippen LogP contribution in [0.3, 0.4) is 0 Å². The zero-order chi connectivity index (χ0) is 24.4. The van der Waals surface area contributed by atoms with Gasteiger partial charge < -0.3 is 15.0 Å². The van der Waals surface area contributed by atoms with Crippen molar-refractivity contribution < 1.29 is 40.7 Å². The number of nitrogens with zero attached hydrogens (tertiary/aromatic N) is 1. The second kappa shape index (κ2) is 9.32. The number of nitrogens with one attached hydrogen (secondary N) is 1. The standard InChI is InChI=1S/C22H20F6N2O3/c1-2-33-18-5-3-17(4-6-18)30-12-13(7-19(30)31)11-29-20(32)14-8-15(21(23,24)25)10-16(9-14)22(26,27)28/h3-6,8-10,13H,2,7,11-12H2,1H3,(H,29,32). The van der Waals surface area contributed by atoms with Crippen LogP contribution in [0.2, 0.25) is 0 Å². The maximum absolute atomic E-state index is 13.0. The Morgan fingerprint density at radius 2 is 1.61 bits per heavy atom. The molecule has 178 valence electrons. The van der Waals surface area contributed by atoms with Crippen LogP contribution >= 0.6 is 0 Å². The van der Waals surface area contributed by atoms with Gasteiger partial charge in [0.25, 0.3) is 5.91 Å². The number of carbonyl (C=O) groups excluding carboxylic acids is 2. The van der Waals surface area contributed by atoms with Gasteiger partial charge in [0.1, 0.15) is 5.75 Å². The number of anilines is 1. The minimum absolute atomic E-state index is 0.0406. The van der Waals surface area contributed by atoms with E-state index in [-0.39, 0.29) is 37.4 Å². The van der Waals surface area contributed by atoms with E-state index in [1.54, 1.807) is 24.3 Å². The molecule has 1 fully saturated rings. The van der Waals surface area contributed by atoms with E-state index in [9.17, 15) is 35.9 Å². The molecule has 2 aromatic rings. The van der Waals surface area contributed by atoms with Gasteiger partial charge in [0, 0.05) is 36.7 Å². The summed E-state index contributed by atoms with van der Waals surface area (Å²) >= 11 is 0. The topological polar surface area (TPSA) is 58.6 Å². The van der Waals surface area contributed by atoms with Crippen LogP contribution in [0.15, 0.2) is 42.5 Å². The van der Waals surface area contributed by atoms with Crippen LogP contribution in [-0.2, 0) is 17.1 Å². The van der Waals surface area contributed by atoms with Crippen LogP contribution in [0.25, 0.3) is 0 Å². The lowest BCUT2D eigenvalue weighted by atomic mass is 10.0. The molecule has 33 heavy (non-hydrogen) atoms. The fourth-order valence-corrected chi connectivity index (χ4v) is 3.48. The predicted octanol–water partition coefficient (Wildman–Crippen LogP) is 4.91. The van der Waals surface area contributed by atoms with E-state index in [0.717, 1.165) is 0 Å². The summed E-state index contributed by atoms with van der Waals surface area (Å²) in [5.74, 6) is -1.02. The summed E-state index contributed by atoms with van der Waals surface area (Å²) in [5, 5.41) is 2.34. The SMILES string of the molecule is CCOc1ccc(N2CC(CNC(=O)c3cc(C(F)(F)F)cc(C(F)(F)F)c3)CC2=O)cc1. The first-order valence-corrected chi connectivity index (χ1v) is 9.99. The minimum atomic E-state index is -5.05. The maximum Gasteiger partial charge on any atom is 0.416 e. The Hall–Kier alpha value is -3.24. The van der Waals surface area contributed by atoms with Gasteiger partial charge in [-0.05, 0) is 49.4 Å². The molecule has 1 aliphatic heterocycles. The normalized spacial score (nSPS) is 16.8. The van der Waals surface area contributed by atoms with Gasteiger partial charge in [-0.1, -0.05) is 0 Å². The van der Waals surface area contributed by atoms with Crippen molar-refractivity contribution in [1.29, 1.82) is 0 Å². The van der Waals surface area contributed by atoms with Crippen molar-refractivity contribution in [3.8, 4) is 5.75 Å². The van der Waals surface area contributed by atoms with Crippen LogP contribution in [0, 0.1) is 5.92 Å². The Morgan fingerprint density at radius 3 is 2.12 bits per heavy atom. The van der Waals surface area contributed by atoms with Crippen molar-refractivity contribution in [1.82, 2.24) is 5.32 Å². The molecule has 0 aliphatic carbocycles. The minimum Gasteiger partial charge on any atom is -0.494 e. The van der Waals surface area contributed by atoms with Crippen molar-refractivity contribution in [3.63, 3.8) is 0 Å². The summed E-state index contributed by atoms with van der Waals surface area (Å²) < 4.78 is 83.3. The van der Waals surface area contributed by atoms with E-state index < -0.39 is 35.0 Å². The molecule has 2 aromatic carbocycles. The average Bonchev–Trinajstić information content (AvgIpc) is 3.11. The lowest BCUT2D eigenvalue weighted by Gasteiger charge is -2.18. The molecule has 0 saturated carbocycles. The number of benzene rings is 2. The Morgan fingerprint density at radius 1 is 1.03 bits per heavy atom. The molecule has 0 bridgehead atoms. The molecule has 0 radical (unpaired) electrons. The van der Waals surface area contributed by atoms with Gasteiger partial charge in [-0.2, -0.15) is 26.3 Å². The molecule has 1 heterocycles. The second-order valence-corrected chi connectivity index (χ2v) is 7.51. The van der Waals surface area contributed by atoms with E-state index in [0.29, 0.717) is 30.2 Å². The highest BCUT2D eigenvalue weighted by Gasteiger charge is 2.38. The smallest absolute Gasteiger partial charge is 0.416 e. The Kier molecular flexibility index (Phi) is 6.89. The van der Waals surface area contributed by atoms with Crippen LogP contribution in [0.5, 0.6) is 5.75 Å². The summed E-state index contributed by atoms with van der Waals surface area (Å²) in [6, 6.07) is 7.50. The van der Waals surface area contributed by atoms with E-state index in [1.807, 2.05) is 6.92 Å². The van der Waals surface area contributed by atoms with Crippen molar-refractivity contribution >= 4 is 17.5 Å². The van der Waals surface area contributed by atoms with Crippen LogP contribution in [0.1, 0.15) is 34.8 Å². The van der Waals surface area contributed by atoms with E-state index in [2.05, 4.69) is 5.32 Å². The summed E-state index contributed by atoms with van der Waals surface area (Å²) in [7, 11) is 0. The van der Waals surface area contributed by atoms with Gasteiger partial charge in [0.2, 0.25) is 5.91 Å². The highest BCUT2D eigenvalue weighted by Crippen LogP contribution is 2.36. The number of halogens is 6. The fraction of sp³-hybridized carbons (Fsp3) is 0.364. The van der Waals surface area contributed by atoms with Gasteiger partial charge in [-0.25, -0.2) is 0 Å². The molecule has 3 rings (SSSR count). The third kappa shape index (κ3) is 5.96. The average molecular weight is 474 g/mol. The van der Waals surface area contributed by atoms with Crippen LogP contribution < -0.4 is 15.0 Å². The van der Waals surface area contributed by atoms with Crippen molar-refractivity contribution in [2.75, 3.05) is 24.6 Å². The third-order valence-electron chi connectivity index (χ3n) is 5.07. The number of hydrogen-bond acceptors (Lipinski definition) is 3. The number of ether oxygens (including phenoxy) is 1. The number of alkyl halides is 6. The van der Waals surface area contributed by atoms with Gasteiger partial charge >= 0.3 is 12.4 Å². The maximum atomic E-state index is 13.0. The zero-order valence-corrected chi connectivity index (χ0v) is 17.4. The predicted molar refractivity (Wildman–Crippen MR) is 107 cm³/mol. The first-order valence-electron chi connectivity index (χ1n) is 9.99. The second-order valence-electron chi connectivity index (χ2n) is 7.51. The quantitative estimate of drug-likeness (QED) is 0.606. The van der Waals surface area contributed by atoms with Crippen molar-refractivity contribution in [2.45, 2.75) is 25.7 Å². The van der Waals surface area contributed by atoms with E-state index in [4.69, 9.17) is 4.74 Å².